The lowest BCUT2D eigenvalue weighted by Crippen LogP contribution is -2.44. The molecule has 7 heteroatoms. The number of hydrogen-bond acceptors (Lipinski definition) is 4. The maximum Gasteiger partial charge on any atom is 0.223 e. The molecule has 1 aromatic rings. The van der Waals surface area contributed by atoms with Crippen LogP contribution in [-0.4, -0.2) is 45.2 Å². The predicted octanol–water partition coefficient (Wildman–Crippen LogP) is 2.16. The molecule has 6 nitrogen and oxygen atoms in total. The van der Waals surface area contributed by atoms with E-state index in [1.807, 2.05) is 9.58 Å². The van der Waals surface area contributed by atoms with E-state index in [0.29, 0.717) is 13.0 Å². The summed E-state index contributed by atoms with van der Waals surface area (Å²) < 4.78 is 1.89. The minimum absolute atomic E-state index is 0. The average molecular weight is 342 g/mol. The van der Waals surface area contributed by atoms with Gasteiger partial charge in [0.2, 0.25) is 5.91 Å². The van der Waals surface area contributed by atoms with Crippen LogP contribution in [-0.2, 0) is 4.79 Å². The van der Waals surface area contributed by atoms with Crippen LogP contribution in [0.25, 0.3) is 0 Å². The number of nitrogens with two attached hydrogens (primary N) is 1. The SMILES string of the molecule is Cl.NCC1(CC(=O)N2CCCC(n3cncn3)C2)CCCCC1. The first-order chi connectivity index (χ1) is 10.7. The Kier molecular flexibility index (Phi) is 6.41. The van der Waals surface area contributed by atoms with Crippen LogP contribution in [0.4, 0.5) is 0 Å². The monoisotopic (exact) mass is 341 g/mol. The topological polar surface area (TPSA) is 77.0 Å². The number of piperidine rings is 1. The van der Waals surface area contributed by atoms with Crippen LogP contribution in [0.2, 0.25) is 0 Å². The lowest BCUT2D eigenvalue weighted by molar-refractivity contribution is -0.136. The number of carbonyl (C=O) groups is 1. The zero-order valence-electron chi connectivity index (χ0n) is 13.7. The number of halogens is 1. The molecule has 2 N–H and O–H groups in total. The van der Waals surface area contributed by atoms with Crippen molar-refractivity contribution in [3.8, 4) is 0 Å². The number of aromatic nitrogens is 3. The van der Waals surface area contributed by atoms with E-state index in [9.17, 15) is 4.79 Å². The van der Waals surface area contributed by atoms with Crippen LogP contribution in [0.15, 0.2) is 12.7 Å². The van der Waals surface area contributed by atoms with Gasteiger partial charge in [-0.2, -0.15) is 5.10 Å². The summed E-state index contributed by atoms with van der Waals surface area (Å²) in [5, 5.41) is 4.23. The maximum absolute atomic E-state index is 12.8. The number of amides is 1. The lowest BCUT2D eigenvalue weighted by atomic mass is 9.71. The fourth-order valence-electron chi connectivity index (χ4n) is 3.99. The smallest absolute Gasteiger partial charge is 0.223 e. The highest BCUT2D eigenvalue weighted by Crippen LogP contribution is 2.39. The van der Waals surface area contributed by atoms with E-state index >= 15 is 0 Å². The standard InChI is InChI=1S/C16H27N5O.ClH/c17-11-16(6-2-1-3-7-16)9-15(22)20-8-4-5-14(10-20)21-13-18-12-19-21;/h12-14H,1-11,17H2;1H. The molecule has 0 bridgehead atoms. The van der Waals surface area contributed by atoms with Crippen molar-refractivity contribution >= 4 is 18.3 Å². The van der Waals surface area contributed by atoms with Gasteiger partial charge in [0.1, 0.15) is 12.7 Å². The number of rotatable bonds is 4. The summed E-state index contributed by atoms with van der Waals surface area (Å²) in [6.45, 7) is 2.26. The van der Waals surface area contributed by atoms with Crippen molar-refractivity contribution in [2.24, 2.45) is 11.1 Å². The van der Waals surface area contributed by atoms with E-state index in [1.54, 1.807) is 12.7 Å². The summed E-state index contributed by atoms with van der Waals surface area (Å²) in [5.41, 5.74) is 6.08. The van der Waals surface area contributed by atoms with Crippen molar-refractivity contribution in [2.45, 2.75) is 57.4 Å². The Balaban J connectivity index is 0.00000192. The molecule has 1 unspecified atom stereocenters. The lowest BCUT2D eigenvalue weighted by Gasteiger charge is -2.39. The number of nitrogens with zero attached hydrogens (tertiary/aromatic N) is 4. The molecule has 1 aromatic heterocycles. The van der Waals surface area contributed by atoms with E-state index in [0.717, 1.165) is 38.8 Å². The van der Waals surface area contributed by atoms with E-state index in [1.165, 1.54) is 19.3 Å². The summed E-state index contributed by atoms with van der Waals surface area (Å²) in [5.74, 6) is 0.275. The minimum atomic E-state index is 0. The van der Waals surface area contributed by atoms with Crippen LogP contribution in [0.5, 0.6) is 0 Å². The first kappa shape index (κ1) is 18.2. The van der Waals surface area contributed by atoms with Crippen LogP contribution in [0.3, 0.4) is 0 Å². The van der Waals surface area contributed by atoms with Crippen molar-refractivity contribution < 1.29 is 4.79 Å². The van der Waals surface area contributed by atoms with Crippen LogP contribution in [0.1, 0.15) is 57.4 Å². The molecule has 130 valence electrons. The van der Waals surface area contributed by atoms with Gasteiger partial charge in [-0.05, 0) is 37.6 Å². The number of hydrogen-bond donors (Lipinski definition) is 1. The summed E-state index contributed by atoms with van der Waals surface area (Å²) in [7, 11) is 0. The highest BCUT2D eigenvalue weighted by atomic mass is 35.5. The summed E-state index contributed by atoms with van der Waals surface area (Å²) >= 11 is 0. The van der Waals surface area contributed by atoms with Crippen molar-refractivity contribution in [2.75, 3.05) is 19.6 Å². The Hall–Kier alpha value is -1.14. The van der Waals surface area contributed by atoms with Crippen molar-refractivity contribution in [3.63, 3.8) is 0 Å². The number of carbonyl (C=O) groups excluding carboxylic acids is 1. The van der Waals surface area contributed by atoms with Gasteiger partial charge in [-0.1, -0.05) is 19.3 Å². The minimum Gasteiger partial charge on any atom is -0.341 e. The van der Waals surface area contributed by atoms with Crippen LogP contribution in [0, 0.1) is 5.41 Å². The fourth-order valence-corrected chi connectivity index (χ4v) is 3.99. The van der Waals surface area contributed by atoms with Crippen molar-refractivity contribution in [1.82, 2.24) is 19.7 Å². The third kappa shape index (κ3) is 4.23. The van der Waals surface area contributed by atoms with Gasteiger partial charge in [-0.15, -0.1) is 12.4 Å². The molecule has 1 saturated heterocycles. The molecule has 3 rings (SSSR count). The molecular weight excluding hydrogens is 314 g/mol. The van der Waals surface area contributed by atoms with Gasteiger partial charge in [0, 0.05) is 19.5 Å². The molecular formula is C16H28ClN5O. The molecule has 23 heavy (non-hydrogen) atoms. The van der Waals surface area contributed by atoms with Crippen LogP contribution >= 0.6 is 12.4 Å². The summed E-state index contributed by atoms with van der Waals surface area (Å²) in [4.78, 5) is 18.8. The molecule has 1 amide bonds. The molecule has 2 heterocycles. The second kappa shape index (κ2) is 8.11. The average Bonchev–Trinajstić information content (AvgIpc) is 3.10. The molecule has 1 atom stereocenters. The zero-order valence-corrected chi connectivity index (χ0v) is 14.5. The Morgan fingerprint density at radius 3 is 2.70 bits per heavy atom. The molecule has 0 spiro atoms. The predicted molar refractivity (Wildman–Crippen MR) is 91.3 cm³/mol. The van der Waals surface area contributed by atoms with Crippen molar-refractivity contribution in [1.29, 1.82) is 0 Å². The normalized spacial score (nSPS) is 24.0. The summed E-state index contributed by atoms with van der Waals surface area (Å²) in [6.07, 6.45) is 12.0. The van der Waals surface area contributed by atoms with Gasteiger partial charge < -0.3 is 10.6 Å². The van der Waals surface area contributed by atoms with Crippen LogP contribution < -0.4 is 5.73 Å². The van der Waals surface area contributed by atoms with Gasteiger partial charge in [0.05, 0.1) is 6.04 Å². The first-order valence-electron chi connectivity index (χ1n) is 8.54. The van der Waals surface area contributed by atoms with E-state index in [4.69, 9.17) is 5.73 Å². The Labute approximate surface area is 144 Å². The second-order valence-corrected chi connectivity index (χ2v) is 6.95. The van der Waals surface area contributed by atoms with Gasteiger partial charge in [0.25, 0.3) is 0 Å². The molecule has 2 fully saturated rings. The molecule has 0 radical (unpaired) electrons. The van der Waals surface area contributed by atoms with Gasteiger partial charge >= 0.3 is 0 Å². The first-order valence-corrected chi connectivity index (χ1v) is 8.54. The van der Waals surface area contributed by atoms with E-state index in [2.05, 4.69) is 10.1 Å². The highest BCUT2D eigenvalue weighted by molar-refractivity contribution is 5.85. The van der Waals surface area contributed by atoms with Crippen molar-refractivity contribution in [3.05, 3.63) is 12.7 Å². The fraction of sp³-hybridized carbons (Fsp3) is 0.812. The Bertz CT molecular complexity index is 487. The quantitative estimate of drug-likeness (QED) is 0.910. The van der Waals surface area contributed by atoms with Gasteiger partial charge in [-0.3, -0.25) is 4.79 Å². The van der Waals surface area contributed by atoms with Gasteiger partial charge in [-0.25, -0.2) is 9.67 Å². The second-order valence-electron chi connectivity index (χ2n) is 6.95. The Morgan fingerprint density at radius 1 is 1.26 bits per heavy atom. The molecule has 1 aliphatic carbocycles. The largest absolute Gasteiger partial charge is 0.341 e. The molecule has 0 aromatic carbocycles. The van der Waals surface area contributed by atoms with E-state index in [-0.39, 0.29) is 29.8 Å². The maximum atomic E-state index is 12.8. The molecule has 2 aliphatic rings. The Morgan fingerprint density at radius 2 is 2.04 bits per heavy atom. The summed E-state index contributed by atoms with van der Waals surface area (Å²) in [6, 6.07) is 0.264. The third-order valence-electron chi connectivity index (χ3n) is 5.43. The highest BCUT2D eigenvalue weighted by Gasteiger charge is 2.35. The third-order valence-corrected chi connectivity index (χ3v) is 5.43. The molecule has 1 aliphatic heterocycles. The van der Waals surface area contributed by atoms with E-state index < -0.39 is 0 Å². The van der Waals surface area contributed by atoms with Gasteiger partial charge in [0.15, 0.2) is 0 Å². The molecule has 1 saturated carbocycles. The zero-order chi connectivity index (χ0) is 15.4. The number of likely N-dealkylation sites (tertiary alicyclic amines) is 1.